The number of hydrogen-bond acceptors (Lipinski definition) is 5. The monoisotopic (exact) mass is 593 g/mol. The number of imide groups is 1. The Hall–Kier alpha value is -3.33. The van der Waals surface area contributed by atoms with Crippen LogP contribution < -0.4 is 9.74 Å². The van der Waals surface area contributed by atoms with E-state index in [4.69, 9.17) is 8.84 Å². The van der Waals surface area contributed by atoms with Gasteiger partial charge < -0.3 is 19.3 Å². The number of carbonyl (C=O) groups is 2. The summed E-state index contributed by atoms with van der Waals surface area (Å²) in [6, 6.07) is 14.6. The third-order valence-corrected chi connectivity index (χ3v) is 13.3. The fourth-order valence-corrected chi connectivity index (χ4v) is 6.39. The molecular weight excluding hydrogens is 546 g/mol. The van der Waals surface area contributed by atoms with Crippen molar-refractivity contribution in [1.82, 2.24) is 15.2 Å². The summed E-state index contributed by atoms with van der Waals surface area (Å²) in [6.45, 7) is 11.3. The van der Waals surface area contributed by atoms with Crippen LogP contribution in [0.4, 0.5) is 9.59 Å². The highest BCUT2D eigenvalue weighted by atomic mass is 28.4. The van der Waals surface area contributed by atoms with Gasteiger partial charge in [-0.05, 0) is 67.1 Å². The van der Waals surface area contributed by atoms with Crippen molar-refractivity contribution in [2.75, 3.05) is 6.54 Å². The zero-order chi connectivity index (χ0) is 30.3. The molecule has 3 amide bonds. The van der Waals surface area contributed by atoms with E-state index in [-0.39, 0.29) is 17.6 Å². The number of rotatable bonds is 11. The molecule has 0 bridgehead atoms. The molecule has 0 unspecified atom stereocenters. The van der Waals surface area contributed by atoms with E-state index in [1.54, 1.807) is 0 Å². The van der Waals surface area contributed by atoms with Crippen LogP contribution in [0.2, 0.25) is 18.1 Å². The molecule has 228 valence electrons. The Morgan fingerprint density at radius 2 is 1.79 bits per heavy atom. The number of para-hydroxylation sites is 3. The molecule has 3 aromatic rings. The molecule has 2 N–H and O–H groups in total. The summed E-state index contributed by atoms with van der Waals surface area (Å²) in [7, 11) is -2.06. The van der Waals surface area contributed by atoms with Gasteiger partial charge in [-0.15, -0.1) is 0 Å². The lowest BCUT2D eigenvalue weighted by Gasteiger charge is -2.37. The number of benzene rings is 2. The van der Waals surface area contributed by atoms with Gasteiger partial charge in [-0.1, -0.05) is 83.2 Å². The van der Waals surface area contributed by atoms with Crippen molar-refractivity contribution in [3.05, 3.63) is 60.0 Å². The van der Waals surface area contributed by atoms with Gasteiger partial charge in [0.25, 0.3) is 0 Å². The summed E-state index contributed by atoms with van der Waals surface area (Å²) in [5, 5.41) is 13.0. The molecule has 0 aliphatic heterocycles. The molecule has 1 fully saturated rings. The minimum Gasteiger partial charge on any atom is -0.543 e. The van der Waals surface area contributed by atoms with Gasteiger partial charge in [-0.3, -0.25) is 0 Å². The second-order valence-corrected chi connectivity index (χ2v) is 17.9. The predicted molar refractivity (Wildman–Crippen MR) is 169 cm³/mol. The Balaban J connectivity index is 1.50. The molecule has 0 saturated heterocycles. The number of amides is 3. The first-order valence-electron chi connectivity index (χ1n) is 15.4. The van der Waals surface area contributed by atoms with Crippen molar-refractivity contribution in [2.24, 2.45) is 5.92 Å². The Bertz CT molecular complexity index is 1310. The third-order valence-electron chi connectivity index (χ3n) is 8.95. The van der Waals surface area contributed by atoms with Crippen LogP contribution >= 0.6 is 0 Å². The minimum absolute atomic E-state index is 0.0570. The average Bonchev–Trinajstić information content (AvgIpc) is 3.34. The largest absolute Gasteiger partial charge is 0.543 e. The highest BCUT2D eigenvalue weighted by Crippen LogP contribution is 2.38. The van der Waals surface area contributed by atoms with E-state index in [9.17, 15) is 14.7 Å². The van der Waals surface area contributed by atoms with Gasteiger partial charge >= 0.3 is 12.1 Å². The highest BCUT2D eigenvalue weighted by Gasteiger charge is 2.39. The lowest BCUT2D eigenvalue weighted by Crippen LogP contribution is -2.48. The van der Waals surface area contributed by atoms with E-state index in [0.29, 0.717) is 43.1 Å². The second-order valence-electron chi connectivity index (χ2n) is 13.2. The number of oxazole rings is 1. The van der Waals surface area contributed by atoms with Crippen molar-refractivity contribution in [3.8, 4) is 5.75 Å². The summed E-state index contributed by atoms with van der Waals surface area (Å²) in [5.74, 6) is 1.86. The van der Waals surface area contributed by atoms with Crippen molar-refractivity contribution in [2.45, 2.75) is 103 Å². The molecule has 1 atom stereocenters. The molecular formula is C33H47N3O5Si. The van der Waals surface area contributed by atoms with Gasteiger partial charge in [0.05, 0.1) is 0 Å². The Kier molecular flexibility index (Phi) is 10.4. The normalized spacial score (nSPS) is 15.4. The average molecular weight is 594 g/mol. The van der Waals surface area contributed by atoms with Crippen LogP contribution in [0.25, 0.3) is 11.1 Å². The molecule has 42 heavy (non-hydrogen) atoms. The fraction of sp³-hybridized carbons (Fsp3) is 0.545. The number of hydrogen-bond donors (Lipinski definition) is 2. The standard InChI is InChI=1S/C33H47N3O5Si/c1-33(2,3)42(4,5)41-28-17-11-9-15-25(28)19-20-26(23-30-35-27-16-10-12-18-29(27)40-30)34-31(37)36(32(38)39)22-21-24-13-7-6-8-14-24/h9-12,15-18,24,26H,6-8,13-14,19-23H2,1-5H3,(H,34,37)(H,38,39)/t26-/m0/s1. The van der Waals surface area contributed by atoms with Crippen LogP contribution in [0.5, 0.6) is 5.75 Å². The molecule has 2 aromatic carbocycles. The maximum atomic E-state index is 13.4. The lowest BCUT2D eigenvalue weighted by atomic mass is 9.87. The van der Waals surface area contributed by atoms with Gasteiger partial charge in [-0.2, -0.15) is 0 Å². The van der Waals surface area contributed by atoms with E-state index < -0.39 is 20.4 Å². The first kappa shape index (κ1) is 31.6. The second kappa shape index (κ2) is 13.8. The Morgan fingerprint density at radius 3 is 2.48 bits per heavy atom. The van der Waals surface area contributed by atoms with Gasteiger partial charge in [-0.25, -0.2) is 19.5 Å². The number of carboxylic acid groups (broad SMARTS) is 1. The number of carbonyl (C=O) groups excluding carboxylic acids is 1. The van der Waals surface area contributed by atoms with Gasteiger partial charge in [0.2, 0.25) is 8.32 Å². The van der Waals surface area contributed by atoms with Crippen molar-refractivity contribution in [3.63, 3.8) is 0 Å². The number of aryl methyl sites for hydroxylation is 1. The first-order chi connectivity index (χ1) is 19.9. The SMILES string of the molecule is CC(C)(C)[Si](C)(C)Oc1ccccc1CC[C@@H](Cc1nc2ccccc2o1)NC(=O)N(CCC1CCCCC1)C(=O)O. The molecule has 0 spiro atoms. The number of fused-ring (bicyclic) bond motifs is 1. The number of nitrogens with one attached hydrogen (secondary N) is 1. The lowest BCUT2D eigenvalue weighted by molar-refractivity contribution is 0.142. The van der Waals surface area contributed by atoms with Crippen LogP contribution in [0.15, 0.2) is 52.9 Å². The first-order valence-corrected chi connectivity index (χ1v) is 18.3. The molecule has 1 aliphatic carbocycles. The van der Waals surface area contributed by atoms with E-state index >= 15 is 0 Å². The summed E-state index contributed by atoms with van der Waals surface area (Å²) < 4.78 is 12.6. The van der Waals surface area contributed by atoms with Crippen LogP contribution in [0, 0.1) is 5.92 Å². The number of aromatic nitrogens is 1. The number of nitrogens with zero attached hydrogens (tertiary/aromatic N) is 2. The molecule has 9 heteroatoms. The highest BCUT2D eigenvalue weighted by molar-refractivity contribution is 6.74. The predicted octanol–water partition coefficient (Wildman–Crippen LogP) is 8.42. The molecule has 0 radical (unpaired) electrons. The molecule has 8 nitrogen and oxygen atoms in total. The zero-order valence-electron chi connectivity index (χ0n) is 25.8. The van der Waals surface area contributed by atoms with Crippen LogP contribution in [0.1, 0.15) is 77.2 Å². The van der Waals surface area contributed by atoms with Gasteiger partial charge in [0, 0.05) is 19.0 Å². The van der Waals surface area contributed by atoms with E-state index in [1.165, 1.54) is 19.3 Å². The van der Waals surface area contributed by atoms with Crippen LogP contribution in [-0.4, -0.2) is 48.0 Å². The minimum atomic E-state index is -2.06. The van der Waals surface area contributed by atoms with Crippen LogP contribution in [-0.2, 0) is 12.8 Å². The molecule has 1 aromatic heterocycles. The summed E-state index contributed by atoms with van der Waals surface area (Å²) in [5.41, 5.74) is 2.50. The summed E-state index contributed by atoms with van der Waals surface area (Å²) in [4.78, 5) is 31.1. The maximum absolute atomic E-state index is 13.4. The third kappa shape index (κ3) is 8.37. The summed E-state index contributed by atoms with van der Waals surface area (Å²) in [6.07, 6.45) is 6.84. The van der Waals surface area contributed by atoms with Crippen molar-refractivity contribution < 1.29 is 23.5 Å². The van der Waals surface area contributed by atoms with Gasteiger partial charge in [0.1, 0.15) is 11.3 Å². The Labute approximate surface area is 251 Å². The topological polar surface area (TPSA) is 105 Å². The summed E-state index contributed by atoms with van der Waals surface area (Å²) >= 11 is 0. The maximum Gasteiger partial charge on any atom is 0.415 e. The zero-order valence-corrected chi connectivity index (χ0v) is 26.8. The smallest absolute Gasteiger partial charge is 0.415 e. The number of urea groups is 1. The van der Waals surface area contributed by atoms with Crippen molar-refractivity contribution in [1.29, 1.82) is 0 Å². The Morgan fingerprint density at radius 1 is 1.10 bits per heavy atom. The van der Waals surface area contributed by atoms with E-state index in [1.807, 2.05) is 42.5 Å². The molecule has 4 rings (SSSR count). The molecule has 1 saturated carbocycles. The van der Waals surface area contributed by atoms with Gasteiger partial charge in [0.15, 0.2) is 11.5 Å². The van der Waals surface area contributed by atoms with E-state index in [2.05, 4.69) is 50.2 Å². The molecule has 1 aliphatic rings. The molecule has 1 heterocycles. The van der Waals surface area contributed by atoms with Crippen LogP contribution in [0.3, 0.4) is 0 Å². The van der Waals surface area contributed by atoms with Crippen molar-refractivity contribution >= 4 is 31.5 Å². The van der Waals surface area contributed by atoms with E-state index in [0.717, 1.165) is 34.6 Å². The fourth-order valence-electron chi connectivity index (χ4n) is 5.34. The quantitative estimate of drug-likeness (QED) is 0.216.